The quantitative estimate of drug-likeness (QED) is 0.844. The van der Waals surface area contributed by atoms with E-state index in [9.17, 15) is 5.11 Å². The predicted octanol–water partition coefficient (Wildman–Crippen LogP) is 3.82. The molecule has 2 nitrogen and oxygen atoms in total. The zero-order valence-corrected chi connectivity index (χ0v) is 10.9. The van der Waals surface area contributed by atoms with Crippen molar-refractivity contribution >= 4 is 10.8 Å². The normalized spacial score (nSPS) is 18.7. The average molecular weight is 254 g/mol. The molecule has 0 aliphatic heterocycles. The number of hydrogen-bond donors (Lipinski definition) is 1. The first-order valence-electron chi connectivity index (χ1n) is 6.83. The molecule has 19 heavy (non-hydrogen) atoms. The van der Waals surface area contributed by atoms with Gasteiger partial charge in [0.05, 0.1) is 6.61 Å². The highest BCUT2D eigenvalue weighted by Gasteiger charge is 2.13. The van der Waals surface area contributed by atoms with Crippen LogP contribution in [0.3, 0.4) is 0 Å². The summed E-state index contributed by atoms with van der Waals surface area (Å²) in [6.45, 7) is 0.00706. The number of fused-ring (bicyclic) bond motifs is 1. The van der Waals surface area contributed by atoms with Gasteiger partial charge in [-0.2, -0.15) is 0 Å². The second-order valence-electron chi connectivity index (χ2n) is 4.94. The molecular weight excluding hydrogens is 236 g/mol. The summed E-state index contributed by atoms with van der Waals surface area (Å²) < 4.78 is 6.04. The maximum Gasteiger partial charge on any atom is 0.126 e. The van der Waals surface area contributed by atoms with Crippen LogP contribution in [0.25, 0.3) is 10.8 Å². The van der Waals surface area contributed by atoms with E-state index in [1.807, 2.05) is 24.3 Å². The maximum atomic E-state index is 9.65. The maximum absolute atomic E-state index is 9.65. The van der Waals surface area contributed by atoms with Crippen molar-refractivity contribution in [3.8, 4) is 5.75 Å². The number of aliphatic hydroxyl groups is 1. The average Bonchev–Trinajstić information content (AvgIpc) is 2.48. The Morgan fingerprint density at radius 2 is 2.05 bits per heavy atom. The van der Waals surface area contributed by atoms with E-state index in [2.05, 4.69) is 24.3 Å². The Morgan fingerprint density at radius 1 is 1.16 bits per heavy atom. The van der Waals surface area contributed by atoms with Crippen molar-refractivity contribution < 1.29 is 9.84 Å². The van der Waals surface area contributed by atoms with E-state index >= 15 is 0 Å². The summed E-state index contributed by atoms with van der Waals surface area (Å²) in [7, 11) is 0. The molecule has 0 radical (unpaired) electrons. The van der Waals surface area contributed by atoms with Gasteiger partial charge >= 0.3 is 0 Å². The van der Waals surface area contributed by atoms with Crippen molar-refractivity contribution in [1.29, 1.82) is 0 Å². The standard InChI is InChI=1S/C17H18O2/c18-12-16-15-9-5-4-6-13(15)10-11-17(16)19-14-7-2-1-3-8-14/h2,4-7,9-11,14,18H,1,3,8,12H2. The summed E-state index contributed by atoms with van der Waals surface area (Å²) in [5, 5.41) is 11.9. The first kappa shape index (κ1) is 12.2. The number of aliphatic hydroxyl groups excluding tert-OH is 1. The Bertz CT molecular complexity index is 601. The van der Waals surface area contributed by atoms with E-state index in [1.54, 1.807) is 0 Å². The van der Waals surface area contributed by atoms with Crippen LogP contribution in [0.4, 0.5) is 0 Å². The van der Waals surface area contributed by atoms with Gasteiger partial charge in [-0.1, -0.05) is 36.4 Å². The van der Waals surface area contributed by atoms with Crippen molar-refractivity contribution in [1.82, 2.24) is 0 Å². The van der Waals surface area contributed by atoms with Crippen LogP contribution in [0.1, 0.15) is 24.8 Å². The van der Waals surface area contributed by atoms with Crippen molar-refractivity contribution in [3.63, 3.8) is 0 Å². The predicted molar refractivity (Wildman–Crippen MR) is 77.3 cm³/mol. The number of benzene rings is 2. The fourth-order valence-electron chi connectivity index (χ4n) is 2.63. The van der Waals surface area contributed by atoms with Gasteiger partial charge in [0.2, 0.25) is 0 Å². The van der Waals surface area contributed by atoms with Gasteiger partial charge in [-0.3, -0.25) is 0 Å². The molecule has 2 aromatic carbocycles. The molecule has 2 heteroatoms. The molecule has 3 rings (SSSR count). The molecule has 1 aliphatic rings. The number of ether oxygens (including phenoxy) is 1. The molecule has 98 valence electrons. The van der Waals surface area contributed by atoms with Crippen LogP contribution in [0, 0.1) is 0 Å². The largest absolute Gasteiger partial charge is 0.486 e. The molecular formula is C17H18O2. The monoisotopic (exact) mass is 254 g/mol. The van der Waals surface area contributed by atoms with Crippen LogP contribution in [-0.4, -0.2) is 11.2 Å². The Morgan fingerprint density at radius 3 is 2.84 bits per heavy atom. The lowest BCUT2D eigenvalue weighted by atomic mass is 10.0. The number of hydrogen-bond acceptors (Lipinski definition) is 2. The Hall–Kier alpha value is -1.80. The van der Waals surface area contributed by atoms with Crippen LogP contribution in [0.2, 0.25) is 0 Å². The van der Waals surface area contributed by atoms with Gasteiger partial charge < -0.3 is 9.84 Å². The molecule has 0 fully saturated rings. The smallest absolute Gasteiger partial charge is 0.126 e. The minimum absolute atomic E-state index is 0.00706. The summed E-state index contributed by atoms with van der Waals surface area (Å²) in [5.41, 5.74) is 0.886. The third-order valence-electron chi connectivity index (χ3n) is 3.64. The lowest BCUT2D eigenvalue weighted by Gasteiger charge is -2.21. The Balaban J connectivity index is 1.98. The molecule has 1 unspecified atom stereocenters. The van der Waals surface area contributed by atoms with E-state index in [0.29, 0.717) is 0 Å². The molecule has 2 aromatic rings. The molecule has 0 saturated heterocycles. The highest BCUT2D eigenvalue weighted by atomic mass is 16.5. The minimum Gasteiger partial charge on any atom is -0.486 e. The SMILES string of the molecule is OCc1c(OC2C=CCCC2)ccc2ccccc12. The summed E-state index contributed by atoms with van der Waals surface area (Å²) in [6.07, 6.45) is 7.80. The zero-order chi connectivity index (χ0) is 13.1. The topological polar surface area (TPSA) is 29.5 Å². The lowest BCUT2D eigenvalue weighted by molar-refractivity contribution is 0.217. The van der Waals surface area contributed by atoms with Crippen molar-refractivity contribution in [2.24, 2.45) is 0 Å². The molecule has 0 spiro atoms. The molecule has 1 aliphatic carbocycles. The first-order chi connectivity index (χ1) is 9.38. The third-order valence-corrected chi connectivity index (χ3v) is 3.64. The lowest BCUT2D eigenvalue weighted by Crippen LogP contribution is -2.16. The van der Waals surface area contributed by atoms with Crippen LogP contribution in [-0.2, 0) is 6.61 Å². The molecule has 1 N–H and O–H groups in total. The number of allylic oxidation sites excluding steroid dienone is 1. The van der Waals surface area contributed by atoms with Crippen molar-refractivity contribution in [2.75, 3.05) is 0 Å². The van der Waals surface area contributed by atoms with E-state index in [1.165, 1.54) is 6.42 Å². The van der Waals surface area contributed by atoms with Gasteiger partial charge in [-0.25, -0.2) is 0 Å². The van der Waals surface area contributed by atoms with Crippen molar-refractivity contribution in [3.05, 3.63) is 54.1 Å². The van der Waals surface area contributed by atoms with E-state index in [4.69, 9.17) is 4.74 Å². The van der Waals surface area contributed by atoms with Gasteiger partial charge in [-0.15, -0.1) is 0 Å². The zero-order valence-electron chi connectivity index (χ0n) is 10.9. The summed E-state index contributed by atoms with van der Waals surface area (Å²) in [6, 6.07) is 12.1. The Labute approximate surface area is 113 Å². The summed E-state index contributed by atoms with van der Waals surface area (Å²) in [4.78, 5) is 0. The molecule has 0 amide bonds. The molecule has 0 saturated carbocycles. The summed E-state index contributed by atoms with van der Waals surface area (Å²) in [5.74, 6) is 0.803. The first-order valence-corrected chi connectivity index (χ1v) is 6.83. The van der Waals surface area contributed by atoms with Gasteiger partial charge in [0, 0.05) is 5.56 Å². The van der Waals surface area contributed by atoms with Gasteiger partial charge in [0.25, 0.3) is 0 Å². The molecule has 0 aromatic heterocycles. The fourth-order valence-corrected chi connectivity index (χ4v) is 2.63. The highest BCUT2D eigenvalue weighted by molar-refractivity contribution is 5.87. The molecule has 1 atom stereocenters. The fraction of sp³-hybridized carbons (Fsp3) is 0.294. The van der Waals surface area contributed by atoms with Crippen LogP contribution in [0.5, 0.6) is 5.75 Å². The van der Waals surface area contributed by atoms with Crippen LogP contribution >= 0.6 is 0 Å². The van der Waals surface area contributed by atoms with Crippen LogP contribution in [0.15, 0.2) is 48.6 Å². The van der Waals surface area contributed by atoms with Crippen LogP contribution < -0.4 is 4.74 Å². The minimum atomic E-state index is 0.00706. The second kappa shape index (κ2) is 5.45. The number of rotatable bonds is 3. The van der Waals surface area contributed by atoms with Gasteiger partial charge in [0.1, 0.15) is 11.9 Å². The Kier molecular flexibility index (Phi) is 3.51. The van der Waals surface area contributed by atoms with Gasteiger partial charge in [-0.05, 0) is 42.2 Å². The van der Waals surface area contributed by atoms with E-state index < -0.39 is 0 Å². The van der Waals surface area contributed by atoms with Gasteiger partial charge in [0.15, 0.2) is 0 Å². The summed E-state index contributed by atoms with van der Waals surface area (Å²) >= 11 is 0. The third kappa shape index (κ3) is 2.49. The van der Waals surface area contributed by atoms with Crippen molar-refractivity contribution in [2.45, 2.75) is 32.0 Å². The second-order valence-corrected chi connectivity index (χ2v) is 4.94. The molecule has 0 heterocycles. The van der Waals surface area contributed by atoms with E-state index in [-0.39, 0.29) is 12.7 Å². The molecule has 0 bridgehead atoms. The highest BCUT2D eigenvalue weighted by Crippen LogP contribution is 2.30. The van der Waals surface area contributed by atoms with E-state index in [0.717, 1.165) is 34.9 Å².